The highest BCUT2D eigenvalue weighted by atomic mass is 16.3. The average Bonchev–Trinajstić information content (AvgIpc) is 2.41. The van der Waals surface area contributed by atoms with E-state index < -0.39 is 40.3 Å². The Morgan fingerprint density at radius 1 is 0.913 bits per heavy atom. The van der Waals surface area contributed by atoms with Gasteiger partial charge in [0.1, 0.15) is 0 Å². The van der Waals surface area contributed by atoms with E-state index in [1.54, 1.807) is 6.92 Å². The molecule has 0 fully saturated rings. The van der Waals surface area contributed by atoms with Crippen molar-refractivity contribution in [2.45, 2.75) is 25.8 Å². The smallest absolute Gasteiger partial charge is 0.328 e. The number of anilines is 1. The summed E-state index contributed by atoms with van der Waals surface area (Å²) in [6, 6.07) is -0.390. The number of hydrogen-bond acceptors (Lipinski definition) is 7. The van der Waals surface area contributed by atoms with E-state index in [9.17, 15) is 29.4 Å². The highest BCUT2D eigenvalue weighted by Crippen LogP contribution is 2.15. The molecule has 23 heavy (non-hydrogen) atoms. The van der Waals surface area contributed by atoms with Crippen LogP contribution in [0.3, 0.4) is 0 Å². The lowest BCUT2D eigenvalue weighted by atomic mass is 10.1. The third-order valence-electron chi connectivity index (χ3n) is 3.16. The van der Waals surface area contributed by atoms with Crippen molar-refractivity contribution in [1.82, 2.24) is 19.9 Å². The van der Waals surface area contributed by atoms with Crippen LogP contribution < -0.4 is 27.8 Å². The lowest BCUT2D eigenvalue weighted by molar-refractivity contribution is 0.437. The molecule has 7 N–H and O–H groups in total. The van der Waals surface area contributed by atoms with Crippen LogP contribution in [-0.4, -0.2) is 36.2 Å². The SMILES string of the molecule is CC(CCc1c(O)[nH]c(=O)[nH]c1=O)Nc1c(O)[nH]c(=O)[nH]c1=O. The molecule has 0 bridgehead atoms. The third-order valence-corrected chi connectivity index (χ3v) is 3.16. The fourth-order valence-electron chi connectivity index (χ4n) is 2.02. The second-order valence-corrected chi connectivity index (χ2v) is 4.95. The van der Waals surface area contributed by atoms with Crippen molar-refractivity contribution in [2.24, 2.45) is 0 Å². The van der Waals surface area contributed by atoms with Gasteiger partial charge in [-0.15, -0.1) is 0 Å². The van der Waals surface area contributed by atoms with Crippen molar-refractivity contribution in [3.8, 4) is 11.8 Å². The molecule has 0 saturated heterocycles. The van der Waals surface area contributed by atoms with Gasteiger partial charge in [-0.05, 0) is 19.8 Å². The molecular formula is C12H15N5O6. The number of rotatable bonds is 5. The van der Waals surface area contributed by atoms with Crippen molar-refractivity contribution >= 4 is 5.69 Å². The first-order valence-corrected chi connectivity index (χ1v) is 6.64. The summed E-state index contributed by atoms with van der Waals surface area (Å²) in [5.41, 5.74) is -3.36. The largest absolute Gasteiger partial charge is 0.494 e. The fourth-order valence-corrected chi connectivity index (χ4v) is 2.02. The average molecular weight is 325 g/mol. The molecule has 0 aliphatic rings. The zero-order chi connectivity index (χ0) is 17.1. The van der Waals surface area contributed by atoms with Crippen LogP contribution in [0.15, 0.2) is 19.2 Å². The maximum absolute atomic E-state index is 11.6. The minimum atomic E-state index is -0.838. The number of aromatic hydroxyl groups is 2. The van der Waals surface area contributed by atoms with Crippen molar-refractivity contribution < 1.29 is 10.2 Å². The molecule has 2 heterocycles. The Hall–Kier alpha value is -3.24. The van der Waals surface area contributed by atoms with Gasteiger partial charge in [0.05, 0.1) is 5.56 Å². The molecule has 0 aliphatic heterocycles. The van der Waals surface area contributed by atoms with Gasteiger partial charge in [-0.1, -0.05) is 0 Å². The number of hydrogen-bond donors (Lipinski definition) is 7. The minimum Gasteiger partial charge on any atom is -0.494 e. The van der Waals surface area contributed by atoms with E-state index in [2.05, 4.69) is 10.3 Å². The highest BCUT2D eigenvalue weighted by Gasteiger charge is 2.14. The van der Waals surface area contributed by atoms with Crippen LogP contribution in [0.1, 0.15) is 18.9 Å². The Balaban J connectivity index is 2.11. The van der Waals surface area contributed by atoms with E-state index in [0.717, 1.165) is 0 Å². The maximum atomic E-state index is 11.6. The Kier molecular flexibility index (Phi) is 4.39. The van der Waals surface area contributed by atoms with Gasteiger partial charge in [0.2, 0.25) is 11.8 Å². The summed E-state index contributed by atoms with van der Waals surface area (Å²) < 4.78 is 0. The summed E-state index contributed by atoms with van der Waals surface area (Å²) in [6.45, 7) is 1.67. The van der Waals surface area contributed by atoms with Crippen molar-refractivity contribution in [3.63, 3.8) is 0 Å². The summed E-state index contributed by atoms with van der Waals surface area (Å²) in [6.07, 6.45) is 0.398. The molecule has 1 atom stereocenters. The first-order valence-electron chi connectivity index (χ1n) is 6.64. The standard InChI is InChI=1S/C12H15N5O6/c1-4(13-6-9(20)16-12(23)17-10(6)21)2-3-5-7(18)14-11(22)15-8(5)19/h4,13H,2-3H2,1H3,(H3,14,15,18,19,22)(H3,16,17,20,21,23). The molecule has 1 unspecified atom stereocenters. The van der Waals surface area contributed by atoms with Gasteiger partial charge in [0, 0.05) is 6.04 Å². The van der Waals surface area contributed by atoms with Gasteiger partial charge in [-0.2, -0.15) is 0 Å². The summed E-state index contributed by atoms with van der Waals surface area (Å²) in [5.74, 6) is -1.12. The Morgan fingerprint density at radius 2 is 1.48 bits per heavy atom. The van der Waals surface area contributed by atoms with Gasteiger partial charge in [0.25, 0.3) is 11.1 Å². The minimum absolute atomic E-state index is 0.00199. The molecule has 2 aromatic rings. The van der Waals surface area contributed by atoms with Crippen molar-refractivity contribution in [1.29, 1.82) is 0 Å². The van der Waals surface area contributed by atoms with Crippen LogP contribution in [0, 0.1) is 0 Å². The molecule has 0 aliphatic carbocycles. The van der Waals surface area contributed by atoms with E-state index in [1.165, 1.54) is 0 Å². The van der Waals surface area contributed by atoms with E-state index in [-0.39, 0.29) is 17.7 Å². The van der Waals surface area contributed by atoms with Crippen LogP contribution in [-0.2, 0) is 6.42 Å². The Morgan fingerprint density at radius 3 is 2.04 bits per heavy atom. The first kappa shape index (κ1) is 16.1. The van der Waals surface area contributed by atoms with Crippen LogP contribution in [0.4, 0.5) is 5.69 Å². The molecule has 0 radical (unpaired) electrons. The molecule has 124 valence electrons. The predicted molar refractivity (Wildman–Crippen MR) is 80.1 cm³/mol. The van der Waals surface area contributed by atoms with E-state index in [4.69, 9.17) is 0 Å². The number of aromatic amines is 4. The molecule has 11 heteroatoms. The molecular weight excluding hydrogens is 310 g/mol. The normalized spacial score (nSPS) is 12.0. The summed E-state index contributed by atoms with van der Waals surface area (Å²) >= 11 is 0. The Bertz CT molecular complexity index is 936. The highest BCUT2D eigenvalue weighted by molar-refractivity contribution is 5.49. The third kappa shape index (κ3) is 3.70. The molecule has 2 aromatic heterocycles. The summed E-state index contributed by atoms with van der Waals surface area (Å²) in [7, 11) is 0. The second kappa shape index (κ2) is 6.25. The summed E-state index contributed by atoms with van der Waals surface area (Å²) in [4.78, 5) is 53.2. The lowest BCUT2D eigenvalue weighted by Gasteiger charge is -2.14. The lowest BCUT2D eigenvalue weighted by Crippen LogP contribution is -2.29. The zero-order valence-electron chi connectivity index (χ0n) is 12.0. The van der Waals surface area contributed by atoms with E-state index >= 15 is 0 Å². The molecule has 0 amide bonds. The summed E-state index contributed by atoms with van der Waals surface area (Å²) in [5, 5.41) is 21.8. The number of nitrogens with one attached hydrogen (secondary N) is 5. The Labute approximate surface area is 127 Å². The van der Waals surface area contributed by atoms with Gasteiger partial charge >= 0.3 is 11.4 Å². The van der Waals surface area contributed by atoms with Gasteiger partial charge < -0.3 is 15.5 Å². The van der Waals surface area contributed by atoms with Crippen LogP contribution in [0.25, 0.3) is 0 Å². The molecule has 2 rings (SSSR count). The van der Waals surface area contributed by atoms with Crippen molar-refractivity contribution in [3.05, 3.63) is 47.2 Å². The fraction of sp³-hybridized carbons (Fsp3) is 0.333. The van der Waals surface area contributed by atoms with Gasteiger partial charge in [-0.3, -0.25) is 29.5 Å². The zero-order valence-corrected chi connectivity index (χ0v) is 12.0. The van der Waals surface area contributed by atoms with Crippen LogP contribution in [0.5, 0.6) is 11.8 Å². The number of H-pyrrole nitrogens is 4. The molecule has 0 aromatic carbocycles. The molecule has 0 saturated carbocycles. The quantitative estimate of drug-likeness (QED) is 0.341. The first-order chi connectivity index (χ1) is 10.8. The van der Waals surface area contributed by atoms with E-state index in [0.29, 0.717) is 6.42 Å². The maximum Gasteiger partial charge on any atom is 0.328 e. The second-order valence-electron chi connectivity index (χ2n) is 4.95. The monoisotopic (exact) mass is 325 g/mol. The van der Waals surface area contributed by atoms with Gasteiger partial charge in [-0.25, -0.2) is 9.59 Å². The van der Waals surface area contributed by atoms with Crippen LogP contribution in [0.2, 0.25) is 0 Å². The number of aromatic nitrogens is 4. The molecule has 11 nitrogen and oxygen atoms in total. The molecule has 0 spiro atoms. The van der Waals surface area contributed by atoms with Gasteiger partial charge in [0.15, 0.2) is 5.69 Å². The van der Waals surface area contributed by atoms with E-state index in [1.807, 2.05) is 15.0 Å². The topological polar surface area (TPSA) is 184 Å². The van der Waals surface area contributed by atoms with Crippen LogP contribution >= 0.6 is 0 Å². The van der Waals surface area contributed by atoms with Crippen molar-refractivity contribution in [2.75, 3.05) is 5.32 Å². The predicted octanol–water partition coefficient (Wildman–Crippen LogP) is -1.72.